The van der Waals surface area contributed by atoms with E-state index in [0.29, 0.717) is 23.2 Å². The van der Waals surface area contributed by atoms with Crippen molar-refractivity contribution in [1.82, 2.24) is 0 Å². The van der Waals surface area contributed by atoms with Crippen molar-refractivity contribution in [1.29, 1.82) is 0 Å². The highest BCUT2D eigenvalue weighted by atomic mass is 16.4. The van der Waals surface area contributed by atoms with Crippen LogP contribution in [0, 0.1) is 35.0 Å². The maximum absolute atomic E-state index is 11.9. The summed E-state index contributed by atoms with van der Waals surface area (Å²) in [5.74, 6) is 1.74. The standard InChI is InChI=1S/C19H28O2/c1-19-9-4-7-16(19)17-14(8-10-19)13-6-3-2-5-12(13)11-15(17)18(20)21/h11,13-17H,2-10H2,1H3,(H,20,21)/t13-,14+,15+,16-,17-,19-/m0/s1. The molecule has 3 saturated carbocycles. The smallest absolute Gasteiger partial charge is 0.310 e. The van der Waals surface area contributed by atoms with Gasteiger partial charge in [0.15, 0.2) is 0 Å². The molecule has 0 spiro atoms. The van der Waals surface area contributed by atoms with Crippen LogP contribution in [0.2, 0.25) is 0 Å². The predicted octanol–water partition coefficient (Wildman–Crippen LogP) is 4.65. The summed E-state index contributed by atoms with van der Waals surface area (Å²) in [5, 5.41) is 9.83. The molecule has 0 unspecified atom stereocenters. The second kappa shape index (κ2) is 4.86. The third-order valence-corrected chi connectivity index (χ3v) is 7.48. The first-order valence-corrected chi connectivity index (χ1v) is 9.03. The Bertz CT molecular complexity index is 480. The molecule has 0 aromatic rings. The lowest BCUT2D eigenvalue weighted by molar-refractivity contribution is -0.147. The van der Waals surface area contributed by atoms with Crippen LogP contribution in [0.5, 0.6) is 0 Å². The first kappa shape index (κ1) is 13.8. The van der Waals surface area contributed by atoms with E-state index in [1.807, 2.05) is 0 Å². The molecule has 0 heterocycles. The molecule has 0 aromatic carbocycles. The van der Waals surface area contributed by atoms with E-state index in [9.17, 15) is 9.90 Å². The summed E-state index contributed by atoms with van der Waals surface area (Å²) in [6, 6.07) is 0. The van der Waals surface area contributed by atoms with Gasteiger partial charge in [0.25, 0.3) is 0 Å². The number of carbonyl (C=O) groups is 1. The quantitative estimate of drug-likeness (QED) is 0.713. The topological polar surface area (TPSA) is 37.3 Å². The van der Waals surface area contributed by atoms with Gasteiger partial charge in [-0.05, 0) is 74.0 Å². The number of fused-ring (bicyclic) bond motifs is 5. The van der Waals surface area contributed by atoms with E-state index < -0.39 is 5.97 Å². The Morgan fingerprint density at radius 1 is 1.19 bits per heavy atom. The average Bonchev–Trinajstić information content (AvgIpc) is 2.87. The first-order chi connectivity index (χ1) is 10.1. The van der Waals surface area contributed by atoms with Crippen molar-refractivity contribution in [3.63, 3.8) is 0 Å². The van der Waals surface area contributed by atoms with Crippen LogP contribution in [0.4, 0.5) is 0 Å². The molecule has 4 rings (SSSR count). The lowest BCUT2D eigenvalue weighted by Gasteiger charge is -2.53. The van der Waals surface area contributed by atoms with E-state index in [-0.39, 0.29) is 5.92 Å². The molecule has 0 amide bonds. The largest absolute Gasteiger partial charge is 0.481 e. The Labute approximate surface area is 128 Å². The summed E-state index contributed by atoms with van der Waals surface area (Å²) in [6.07, 6.45) is 13.9. The molecule has 0 saturated heterocycles. The van der Waals surface area contributed by atoms with Crippen LogP contribution in [0.15, 0.2) is 11.6 Å². The van der Waals surface area contributed by atoms with Gasteiger partial charge in [0.2, 0.25) is 0 Å². The summed E-state index contributed by atoms with van der Waals surface area (Å²) < 4.78 is 0. The third kappa shape index (κ3) is 2.01. The lowest BCUT2D eigenvalue weighted by atomic mass is 9.50. The monoisotopic (exact) mass is 288 g/mol. The zero-order valence-electron chi connectivity index (χ0n) is 13.2. The summed E-state index contributed by atoms with van der Waals surface area (Å²) in [5.41, 5.74) is 1.95. The zero-order valence-corrected chi connectivity index (χ0v) is 13.2. The zero-order chi connectivity index (χ0) is 14.6. The van der Waals surface area contributed by atoms with Gasteiger partial charge in [-0.25, -0.2) is 0 Å². The van der Waals surface area contributed by atoms with E-state index in [1.165, 1.54) is 63.4 Å². The summed E-state index contributed by atoms with van der Waals surface area (Å²) >= 11 is 0. The number of allylic oxidation sites excluding steroid dienone is 1. The number of aliphatic carboxylic acids is 1. The van der Waals surface area contributed by atoms with Crippen molar-refractivity contribution >= 4 is 5.97 Å². The molecule has 3 fully saturated rings. The van der Waals surface area contributed by atoms with Crippen molar-refractivity contribution in [2.45, 2.75) is 64.7 Å². The minimum absolute atomic E-state index is 0.193. The van der Waals surface area contributed by atoms with E-state index in [1.54, 1.807) is 0 Å². The molecule has 2 nitrogen and oxygen atoms in total. The Hall–Kier alpha value is -0.790. The van der Waals surface area contributed by atoms with Gasteiger partial charge >= 0.3 is 5.97 Å². The van der Waals surface area contributed by atoms with Crippen LogP contribution >= 0.6 is 0 Å². The van der Waals surface area contributed by atoms with Gasteiger partial charge < -0.3 is 5.11 Å². The molecule has 4 aliphatic carbocycles. The third-order valence-electron chi connectivity index (χ3n) is 7.48. The van der Waals surface area contributed by atoms with Gasteiger partial charge in [-0.2, -0.15) is 0 Å². The Morgan fingerprint density at radius 3 is 2.86 bits per heavy atom. The minimum atomic E-state index is -0.558. The number of hydrogen-bond acceptors (Lipinski definition) is 1. The van der Waals surface area contributed by atoms with Gasteiger partial charge in [-0.3, -0.25) is 4.79 Å². The van der Waals surface area contributed by atoms with E-state index in [2.05, 4.69) is 13.0 Å². The van der Waals surface area contributed by atoms with Gasteiger partial charge in [0, 0.05) is 0 Å². The fourth-order valence-corrected chi connectivity index (χ4v) is 6.54. The molecule has 1 N–H and O–H groups in total. The average molecular weight is 288 g/mol. The number of carboxylic acids is 1. The van der Waals surface area contributed by atoms with Gasteiger partial charge in [0.1, 0.15) is 0 Å². The predicted molar refractivity (Wildman–Crippen MR) is 82.8 cm³/mol. The van der Waals surface area contributed by atoms with Crippen LogP contribution in [0.3, 0.4) is 0 Å². The van der Waals surface area contributed by atoms with Gasteiger partial charge in [0.05, 0.1) is 5.92 Å². The normalized spacial score (nSPS) is 48.8. The fourth-order valence-electron chi connectivity index (χ4n) is 6.54. The Kier molecular flexibility index (Phi) is 3.20. The maximum atomic E-state index is 11.9. The molecule has 0 aromatic heterocycles. The van der Waals surface area contributed by atoms with E-state index in [0.717, 1.165) is 5.92 Å². The second-order valence-corrected chi connectivity index (χ2v) is 8.39. The van der Waals surface area contributed by atoms with E-state index >= 15 is 0 Å². The van der Waals surface area contributed by atoms with Crippen molar-refractivity contribution < 1.29 is 9.90 Å². The minimum Gasteiger partial charge on any atom is -0.481 e. The molecule has 0 bridgehead atoms. The SMILES string of the molecule is C[C@@]12CCC[C@H]1[C@H]1[C@H](CC2)[C@H]2CCCCC2=C[C@H]1C(=O)O. The summed E-state index contributed by atoms with van der Waals surface area (Å²) in [6.45, 7) is 2.44. The Balaban J connectivity index is 1.75. The van der Waals surface area contributed by atoms with Crippen molar-refractivity contribution in [2.75, 3.05) is 0 Å². The molecular formula is C19H28O2. The van der Waals surface area contributed by atoms with Gasteiger partial charge in [-0.15, -0.1) is 0 Å². The van der Waals surface area contributed by atoms with Crippen LogP contribution in [0.25, 0.3) is 0 Å². The summed E-state index contributed by atoms with van der Waals surface area (Å²) in [7, 11) is 0. The molecule has 0 radical (unpaired) electrons. The molecule has 21 heavy (non-hydrogen) atoms. The molecule has 2 heteroatoms. The number of carboxylic acid groups (broad SMARTS) is 1. The summed E-state index contributed by atoms with van der Waals surface area (Å²) in [4.78, 5) is 11.9. The van der Waals surface area contributed by atoms with E-state index in [4.69, 9.17) is 0 Å². The highest BCUT2D eigenvalue weighted by molar-refractivity contribution is 5.73. The van der Waals surface area contributed by atoms with Crippen molar-refractivity contribution in [2.24, 2.45) is 35.0 Å². The molecule has 6 atom stereocenters. The highest BCUT2D eigenvalue weighted by Gasteiger charge is 2.55. The second-order valence-electron chi connectivity index (χ2n) is 8.39. The van der Waals surface area contributed by atoms with Crippen LogP contribution < -0.4 is 0 Å². The van der Waals surface area contributed by atoms with Crippen LogP contribution in [0.1, 0.15) is 64.7 Å². The molecular weight excluding hydrogens is 260 g/mol. The highest BCUT2D eigenvalue weighted by Crippen LogP contribution is 2.62. The number of rotatable bonds is 1. The fraction of sp³-hybridized carbons (Fsp3) is 0.842. The van der Waals surface area contributed by atoms with Crippen molar-refractivity contribution in [3.05, 3.63) is 11.6 Å². The van der Waals surface area contributed by atoms with Crippen LogP contribution in [-0.4, -0.2) is 11.1 Å². The maximum Gasteiger partial charge on any atom is 0.310 e. The molecule has 4 aliphatic rings. The van der Waals surface area contributed by atoms with Crippen molar-refractivity contribution in [3.8, 4) is 0 Å². The van der Waals surface area contributed by atoms with Gasteiger partial charge in [-0.1, -0.05) is 31.4 Å². The molecule has 0 aliphatic heterocycles. The molecule has 116 valence electrons. The number of hydrogen-bond donors (Lipinski definition) is 1. The lowest BCUT2D eigenvalue weighted by Crippen LogP contribution is -2.49. The first-order valence-electron chi connectivity index (χ1n) is 9.03. The Morgan fingerprint density at radius 2 is 2.05 bits per heavy atom. The van der Waals surface area contributed by atoms with Crippen LogP contribution in [-0.2, 0) is 4.79 Å².